The second kappa shape index (κ2) is 9.39. The molecule has 3 aromatic rings. The number of carbonyl (C=O) groups is 3. The maximum Gasteiger partial charge on any atom is 0.254 e. The van der Waals surface area contributed by atoms with Crippen molar-refractivity contribution >= 4 is 23.4 Å². The van der Waals surface area contributed by atoms with Gasteiger partial charge in [-0.15, -0.1) is 0 Å². The molecule has 3 N–H and O–H groups in total. The number of ether oxygens (including phenoxy) is 2. The second-order valence-corrected chi connectivity index (χ2v) is 7.12. The maximum absolute atomic E-state index is 12.4. The van der Waals surface area contributed by atoms with Gasteiger partial charge < -0.3 is 29.9 Å². The van der Waals surface area contributed by atoms with Crippen molar-refractivity contribution in [2.24, 2.45) is 0 Å². The highest BCUT2D eigenvalue weighted by Gasteiger charge is 2.29. The van der Waals surface area contributed by atoms with Crippen molar-refractivity contribution < 1.29 is 28.4 Å². The average molecular weight is 451 g/mol. The minimum atomic E-state index is -1.02. The molecule has 33 heavy (non-hydrogen) atoms. The lowest BCUT2D eigenvalue weighted by molar-refractivity contribution is -0.125. The summed E-state index contributed by atoms with van der Waals surface area (Å²) in [5, 5.41) is 11.8. The Kier molecular flexibility index (Phi) is 6.20. The molecule has 1 aliphatic rings. The van der Waals surface area contributed by atoms with Crippen LogP contribution in [0.1, 0.15) is 22.7 Å². The third-order valence-electron chi connectivity index (χ3n) is 4.99. The quantitative estimate of drug-likeness (QED) is 0.490. The number of anilines is 1. The van der Waals surface area contributed by atoms with Crippen molar-refractivity contribution in [3.8, 4) is 22.9 Å². The molecule has 0 bridgehead atoms. The molecule has 0 radical (unpaired) electrons. The van der Waals surface area contributed by atoms with Crippen molar-refractivity contribution in [1.82, 2.24) is 20.8 Å². The molecule has 0 aliphatic carbocycles. The summed E-state index contributed by atoms with van der Waals surface area (Å²) in [6.07, 6.45) is -0.248. The van der Waals surface area contributed by atoms with Gasteiger partial charge >= 0.3 is 0 Å². The monoisotopic (exact) mass is 451 g/mol. The fraction of sp³-hybridized carbons (Fsp3) is 0.227. The summed E-state index contributed by atoms with van der Waals surface area (Å²) in [6.45, 7) is -0.0400. The van der Waals surface area contributed by atoms with Gasteiger partial charge in [-0.2, -0.15) is 4.98 Å². The van der Waals surface area contributed by atoms with Crippen LogP contribution in [-0.2, 0) is 16.1 Å². The van der Waals surface area contributed by atoms with E-state index in [-0.39, 0.29) is 18.9 Å². The number of carbonyl (C=O) groups excluding carboxylic acids is 3. The van der Waals surface area contributed by atoms with E-state index >= 15 is 0 Å². The number of rotatable bonds is 7. The molecule has 2 heterocycles. The third kappa shape index (κ3) is 4.76. The molecule has 0 saturated heterocycles. The molecule has 0 fully saturated rings. The summed E-state index contributed by atoms with van der Waals surface area (Å²) < 4.78 is 15.7. The number of aromatic nitrogens is 2. The zero-order valence-electron chi connectivity index (χ0n) is 17.9. The topological polar surface area (TPSA) is 145 Å². The largest absolute Gasteiger partial charge is 0.493 e. The van der Waals surface area contributed by atoms with E-state index in [9.17, 15) is 14.4 Å². The van der Waals surface area contributed by atoms with E-state index in [2.05, 4.69) is 26.1 Å². The van der Waals surface area contributed by atoms with Crippen LogP contribution in [0.3, 0.4) is 0 Å². The van der Waals surface area contributed by atoms with Gasteiger partial charge in [0, 0.05) is 5.56 Å². The molecule has 1 aliphatic heterocycles. The van der Waals surface area contributed by atoms with Crippen LogP contribution in [0, 0.1) is 0 Å². The number of amides is 3. The standard InChI is InChI=1S/C22H21N5O6/c1-31-16-8-7-12(9-17(16)32-2)20-26-19(33-27-20)11-23-18(28)10-15-22(30)24-14-6-4-3-5-13(14)21(29)25-15/h3-9,15H,10-11H2,1-2H3,(H,23,28)(H,24,30)(H,25,29)/t15-/m1/s1. The molecule has 11 heteroatoms. The minimum absolute atomic E-state index is 0.0400. The van der Waals surface area contributed by atoms with Crippen molar-refractivity contribution in [3.05, 3.63) is 53.9 Å². The van der Waals surface area contributed by atoms with Crippen LogP contribution in [0.25, 0.3) is 11.4 Å². The number of methoxy groups -OCH3 is 2. The van der Waals surface area contributed by atoms with Crippen LogP contribution in [0.4, 0.5) is 5.69 Å². The highest BCUT2D eigenvalue weighted by molar-refractivity contribution is 6.10. The molecular formula is C22H21N5O6. The number of hydrogen-bond donors (Lipinski definition) is 3. The zero-order valence-corrected chi connectivity index (χ0v) is 17.9. The Bertz CT molecular complexity index is 1210. The molecule has 1 atom stereocenters. The highest BCUT2D eigenvalue weighted by atomic mass is 16.5. The molecule has 1 aromatic heterocycles. The first-order valence-electron chi connectivity index (χ1n) is 10.0. The first-order valence-corrected chi connectivity index (χ1v) is 10.0. The van der Waals surface area contributed by atoms with Gasteiger partial charge in [0.1, 0.15) is 6.04 Å². The van der Waals surface area contributed by atoms with E-state index in [1.54, 1.807) is 42.5 Å². The van der Waals surface area contributed by atoms with Gasteiger partial charge in [0.25, 0.3) is 5.91 Å². The Morgan fingerprint density at radius 1 is 1.12 bits per heavy atom. The molecule has 0 saturated carbocycles. The predicted octanol–water partition coefficient (Wildman–Crippen LogP) is 1.51. The SMILES string of the molecule is COc1ccc(-c2noc(CNC(=O)C[C@H]3NC(=O)c4ccccc4NC3=O)n2)cc1OC. The Balaban J connectivity index is 1.36. The summed E-state index contributed by atoms with van der Waals surface area (Å²) in [6, 6.07) is 10.8. The lowest BCUT2D eigenvalue weighted by atomic mass is 10.1. The van der Waals surface area contributed by atoms with Crippen LogP contribution in [0.15, 0.2) is 47.0 Å². The van der Waals surface area contributed by atoms with Gasteiger partial charge in [0.15, 0.2) is 11.5 Å². The summed E-state index contributed by atoms with van der Waals surface area (Å²) in [4.78, 5) is 41.4. The second-order valence-electron chi connectivity index (χ2n) is 7.12. The van der Waals surface area contributed by atoms with Crippen LogP contribution in [0.2, 0.25) is 0 Å². The summed E-state index contributed by atoms with van der Waals surface area (Å²) in [7, 11) is 3.06. The summed E-state index contributed by atoms with van der Waals surface area (Å²) in [5.41, 5.74) is 1.38. The maximum atomic E-state index is 12.4. The molecule has 2 aromatic carbocycles. The van der Waals surface area contributed by atoms with E-state index in [0.717, 1.165) is 0 Å². The summed E-state index contributed by atoms with van der Waals surface area (Å²) in [5.74, 6) is 0.196. The van der Waals surface area contributed by atoms with E-state index in [4.69, 9.17) is 14.0 Å². The van der Waals surface area contributed by atoms with Crippen molar-refractivity contribution in [1.29, 1.82) is 0 Å². The van der Waals surface area contributed by atoms with Crippen molar-refractivity contribution in [3.63, 3.8) is 0 Å². The van der Waals surface area contributed by atoms with Gasteiger partial charge in [-0.3, -0.25) is 14.4 Å². The number of nitrogens with zero attached hydrogens (tertiary/aromatic N) is 2. The van der Waals surface area contributed by atoms with Gasteiger partial charge in [-0.25, -0.2) is 0 Å². The third-order valence-corrected chi connectivity index (χ3v) is 4.99. The first-order chi connectivity index (χ1) is 16.0. The van der Waals surface area contributed by atoms with Gasteiger partial charge in [-0.1, -0.05) is 17.3 Å². The minimum Gasteiger partial charge on any atom is -0.493 e. The van der Waals surface area contributed by atoms with E-state index in [0.29, 0.717) is 34.1 Å². The van der Waals surface area contributed by atoms with E-state index in [1.807, 2.05) is 0 Å². The van der Waals surface area contributed by atoms with E-state index < -0.39 is 23.8 Å². The van der Waals surface area contributed by atoms with Gasteiger partial charge in [0.2, 0.25) is 23.5 Å². The number of para-hydroxylation sites is 1. The van der Waals surface area contributed by atoms with Crippen LogP contribution >= 0.6 is 0 Å². The lowest BCUT2D eigenvalue weighted by Gasteiger charge is -2.13. The van der Waals surface area contributed by atoms with Gasteiger partial charge in [0.05, 0.1) is 38.4 Å². The zero-order chi connectivity index (χ0) is 23.4. The molecule has 170 valence electrons. The molecule has 0 unspecified atom stereocenters. The van der Waals surface area contributed by atoms with Crippen LogP contribution in [0.5, 0.6) is 11.5 Å². The number of nitrogens with one attached hydrogen (secondary N) is 3. The Morgan fingerprint density at radius 2 is 1.91 bits per heavy atom. The fourth-order valence-electron chi connectivity index (χ4n) is 3.31. The molecule has 3 amide bonds. The summed E-state index contributed by atoms with van der Waals surface area (Å²) >= 11 is 0. The highest BCUT2D eigenvalue weighted by Crippen LogP contribution is 2.31. The predicted molar refractivity (Wildman–Crippen MR) is 116 cm³/mol. The number of fused-ring (bicyclic) bond motifs is 1. The van der Waals surface area contributed by atoms with Crippen molar-refractivity contribution in [2.45, 2.75) is 19.0 Å². The number of hydrogen-bond acceptors (Lipinski definition) is 8. The lowest BCUT2D eigenvalue weighted by Crippen LogP contribution is -2.44. The Labute approximate surface area is 188 Å². The Hall–Kier alpha value is -4.41. The normalized spacial score (nSPS) is 15.0. The van der Waals surface area contributed by atoms with E-state index in [1.165, 1.54) is 14.2 Å². The fourth-order valence-corrected chi connectivity index (χ4v) is 3.31. The van der Waals surface area contributed by atoms with Crippen LogP contribution < -0.4 is 25.4 Å². The average Bonchev–Trinajstić information content (AvgIpc) is 3.27. The smallest absolute Gasteiger partial charge is 0.254 e. The molecule has 11 nitrogen and oxygen atoms in total. The van der Waals surface area contributed by atoms with Gasteiger partial charge in [-0.05, 0) is 30.3 Å². The molecule has 0 spiro atoms. The Morgan fingerprint density at radius 3 is 2.70 bits per heavy atom. The number of benzene rings is 2. The van der Waals surface area contributed by atoms with Crippen LogP contribution in [-0.4, -0.2) is 48.1 Å². The first kappa shape index (κ1) is 21.8. The van der Waals surface area contributed by atoms with Crippen molar-refractivity contribution in [2.75, 3.05) is 19.5 Å². The molecular weight excluding hydrogens is 430 g/mol. The molecule has 4 rings (SSSR count).